The average Bonchev–Trinajstić information content (AvgIpc) is 2.94. The van der Waals surface area contributed by atoms with Gasteiger partial charge in [-0.05, 0) is 43.4 Å². The molecule has 1 aliphatic rings. The molecule has 1 aromatic heterocycles. The maximum atomic E-state index is 11.2. The molecule has 0 bridgehead atoms. The predicted octanol–water partition coefficient (Wildman–Crippen LogP) is 2.70. The van der Waals surface area contributed by atoms with Crippen molar-refractivity contribution >= 4 is 6.29 Å². The normalized spacial score (nSPS) is 13.7. The lowest BCUT2D eigenvalue weighted by Gasteiger charge is -2.03. The third-order valence-corrected chi connectivity index (χ3v) is 3.85. The van der Waals surface area contributed by atoms with Crippen LogP contribution in [-0.4, -0.2) is 15.8 Å². The first kappa shape index (κ1) is 11.2. The highest BCUT2D eigenvalue weighted by Gasteiger charge is 2.16. The summed E-state index contributed by atoms with van der Waals surface area (Å²) in [4.78, 5) is 15.7. The number of nitrogens with zero attached hydrogens (tertiary/aromatic N) is 2. The van der Waals surface area contributed by atoms with Crippen molar-refractivity contribution in [2.75, 3.05) is 0 Å². The second-order valence-corrected chi connectivity index (χ2v) is 4.91. The van der Waals surface area contributed by atoms with Crippen molar-refractivity contribution in [2.24, 2.45) is 7.05 Å². The summed E-state index contributed by atoms with van der Waals surface area (Å²) in [5.74, 6) is 0.868. The van der Waals surface area contributed by atoms with Crippen LogP contribution >= 0.6 is 0 Å². The van der Waals surface area contributed by atoms with Crippen LogP contribution in [0, 0.1) is 6.92 Å². The molecule has 18 heavy (non-hydrogen) atoms. The van der Waals surface area contributed by atoms with Crippen LogP contribution in [0.1, 0.15) is 33.9 Å². The Balaban J connectivity index is 2.15. The van der Waals surface area contributed by atoms with Crippen LogP contribution in [0.3, 0.4) is 0 Å². The molecule has 1 aromatic carbocycles. The quantitative estimate of drug-likeness (QED) is 0.756. The molecule has 1 heterocycles. The predicted molar refractivity (Wildman–Crippen MR) is 70.8 cm³/mol. The van der Waals surface area contributed by atoms with Crippen LogP contribution in [-0.2, 0) is 19.9 Å². The number of aldehydes is 1. The fourth-order valence-corrected chi connectivity index (χ4v) is 2.69. The fraction of sp³-hybridized carbons (Fsp3) is 0.333. The number of aromatic nitrogens is 2. The minimum Gasteiger partial charge on any atom is -0.329 e. The number of carbonyl (C=O) groups excluding carboxylic acids is 1. The number of rotatable bonds is 2. The third kappa shape index (κ3) is 1.58. The Morgan fingerprint density at radius 2 is 2.06 bits per heavy atom. The van der Waals surface area contributed by atoms with E-state index in [1.807, 2.05) is 18.5 Å². The Morgan fingerprint density at radius 3 is 2.83 bits per heavy atom. The van der Waals surface area contributed by atoms with Crippen LogP contribution < -0.4 is 0 Å². The zero-order chi connectivity index (χ0) is 12.7. The van der Waals surface area contributed by atoms with Crippen LogP contribution in [0.15, 0.2) is 18.2 Å². The Kier molecular flexibility index (Phi) is 2.54. The smallest absolute Gasteiger partial charge is 0.168 e. The highest BCUT2D eigenvalue weighted by Crippen LogP contribution is 2.29. The van der Waals surface area contributed by atoms with E-state index in [-0.39, 0.29) is 0 Å². The number of hydrogen-bond acceptors (Lipinski definition) is 2. The molecule has 3 nitrogen and oxygen atoms in total. The maximum absolute atomic E-state index is 11.2. The van der Waals surface area contributed by atoms with Crippen molar-refractivity contribution in [3.63, 3.8) is 0 Å². The molecule has 3 rings (SSSR count). The van der Waals surface area contributed by atoms with Gasteiger partial charge in [-0.15, -0.1) is 0 Å². The van der Waals surface area contributed by atoms with E-state index in [0.717, 1.165) is 29.8 Å². The topological polar surface area (TPSA) is 34.9 Å². The lowest BCUT2D eigenvalue weighted by Crippen LogP contribution is -1.97. The molecule has 0 spiro atoms. The first-order chi connectivity index (χ1) is 8.70. The lowest BCUT2D eigenvalue weighted by molar-refractivity contribution is 0.111. The van der Waals surface area contributed by atoms with Gasteiger partial charge in [0.05, 0.1) is 5.69 Å². The zero-order valence-electron chi connectivity index (χ0n) is 10.7. The van der Waals surface area contributed by atoms with Gasteiger partial charge < -0.3 is 4.57 Å². The summed E-state index contributed by atoms with van der Waals surface area (Å²) in [6, 6.07) is 6.45. The maximum Gasteiger partial charge on any atom is 0.168 e. The van der Waals surface area contributed by atoms with Crippen molar-refractivity contribution in [3.8, 4) is 11.3 Å². The molecule has 0 aliphatic heterocycles. The molecule has 0 unspecified atom stereocenters. The van der Waals surface area contributed by atoms with E-state index in [9.17, 15) is 4.79 Å². The van der Waals surface area contributed by atoms with E-state index < -0.39 is 0 Å². The Labute approximate surface area is 106 Å². The molecule has 0 saturated carbocycles. The van der Waals surface area contributed by atoms with Gasteiger partial charge in [0, 0.05) is 12.6 Å². The van der Waals surface area contributed by atoms with E-state index in [4.69, 9.17) is 0 Å². The highest BCUT2D eigenvalue weighted by molar-refractivity contribution is 5.84. The molecule has 0 saturated heterocycles. The summed E-state index contributed by atoms with van der Waals surface area (Å²) in [7, 11) is 1.88. The summed E-state index contributed by atoms with van der Waals surface area (Å²) in [6.07, 6.45) is 4.45. The standard InChI is InChI=1S/C15H16N2O/c1-10-16-15(14(9-18)17(10)2)13-7-6-11-4-3-5-12(11)8-13/h6-9H,3-5H2,1-2H3. The van der Waals surface area contributed by atoms with Crippen molar-refractivity contribution in [1.29, 1.82) is 0 Å². The monoisotopic (exact) mass is 240 g/mol. The molecule has 0 amide bonds. The summed E-state index contributed by atoms with van der Waals surface area (Å²) in [5.41, 5.74) is 5.37. The van der Waals surface area contributed by atoms with E-state index in [1.165, 1.54) is 24.0 Å². The minimum absolute atomic E-state index is 0.658. The largest absolute Gasteiger partial charge is 0.329 e. The van der Waals surface area contributed by atoms with Crippen molar-refractivity contribution in [1.82, 2.24) is 9.55 Å². The van der Waals surface area contributed by atoms with E-state index >= 15 is 0 Å². The summed E-state index contributed by atoms with van der Waals surface area (Å²) < 4.78 is 1.84. The second kappa shape index (κ2) is 4.09. The van der Waals surface area contributed by atoms with Gasteiger partial charge in [0.2, 0.25) is 0 Å². The first-order valence-corrected chi connectivity index (χ1v) is 6.31. The van der Waals surface area contributed by atoms with Gasteiger partial charge in [-0.25, -0.2) is 4.98 Å². The average molecular weight is 240 g/mol. The van der Waals surface area contributed by atoms with Crippen molar-refractivity contribution in [3.05, 3.63) is 40.8 Å². The van der Waals surface area contributed by atoms with E-state index in [2.05, 4.69) is 23.2 Å². The SMILES string of the molecule is Cc1nc(-c2ccc3c(c2)CCC3)c(C=O)n1C. The third-order valence-electron chi connectivity index (χ3n) is 3.85. The van der Waals surface area contributed by atoms with Gasteiger partial charge in [0.1, 0.15) is 11.5 Å². The molecule has 92 valence electrons. The number of imidazole rings is 1. The van der Waals surface area contributed by atoms with Gasteiger partial charge in [-0.1, -0.05) is 12.1 Å². The minimum atomic E-state index is 0.658. The van der Waals surface area contributed by atoms with Gasteiger partial charge in [-0.2, -0.15) is 0 Å². The number of benzene rings is 1. The molecule has 0 fully saturated rings. The Morgan fingerprint density at radius 1 is 1.28 bits per heavy atom. The molecule has 0 atom stereocenters. The molecule has 0 N–H and O–H groups in total. The van der Waals surface area contributed by atoms with Crippen LogP contribution in [0.4, 0.5) is 0 Å². The van der Waals surface area contributed by atoms with Gasteiger partial charge in [-0.3, -0.25) is 4.79 Å². The van der Waals surface area contributed by atoms with E-state index in [0.29, 0.717) is 5.69 Å². The Hall–Kier alpha value is -1.90. The molecular weight excluding hydrogens is 224 g/mol. The molecule has 3 heteroatoms. The Bertz CT molecular complexity index is 626. The van der Waals surface area contributed by atoms with Crippen LogP contribution in [0.25, 0.3) is 11.3 Å². The van der Waals surface area contributed by atoms with Crippen LogP contribution in [0.5, 0.6) is 0 Å². The second-order valence-electron chi connectivity index (χ2n) is 4.91. The fourth-order valence-electron chi connectivity index (χ4n) is 2.69. The number of fused-ring (bicyclic) bond motifs is 1. The van der Waals surface area contributed by atoms with Gasteiger partial charge in [0.15, 0.2) is 6.29 Å². The molecular formula is C15H16N2O. The van der Waals surface area contributed by atoms with Crippen molar-refractivity contribution in [2.45, 2.75) is 26.2 Å². The van der Waals surface area contributed by atoms with Gasteiger partial charge >= 0.3 is 0 Å². The number of carbonyl (C=O) groups is 1. The number of aryl methyl sites for hydroxylation is 3. The summed E-state index contributed by atoms with van der Waals surface area (Å²) in [5, 5.41) is 0. The van der Waals surface area contributed by atoms with Crippen LogP contribution in [0.2, 0.25) is 0 Å². The molecule has 2 aromatic rings. The lowest BCUT2D eigenvalue weighted by atomic mass is 10.0. The summed E-state index contributed by atoms with van der Waals surface area (Å²) in [6.45, 7) is 1.92. The summed E-state index contributed by atoms with van der Waals surface area (Å²) >= 11 is 0. The van der Waals surface area contributed by atoms with Crippen molar-refractivity contribution < 1.29 is 4.79 Å². The van der Waals surface area contributed by atoms with E-state index in [1.54, 1.807) is 0 Å². The van der Waals surface area contributed by atoms with Gasteiger partial charge in [0.25, 0.3) is 0 Å². The number of hydrogen-bond donors (Lipinski definition) is 0. The zero-order valence-corrected chi connectivity index (χ0v) is 10.7. The molecule has 0 radical (unpaired) electrons. The first-order valence-electron chi connectivity index (χ1n) is 6.31. The highest BCUT2D eigenvalue weighted by atomic mass is 16.1. The molecule has 1 aliphatic carbocycles.